The Morgan fingerprint density at radius 1 is 0.902 bits per heavy atom. The van der Waals surface area contributed by atoms with E-state index in [-0.39, 0.29) is 23.4 Å². The Kier molecular flexibility index (Phi) is 10.4. The standard InChI is InChI=1S/C32H39N3O5S/c1-3-30(32(37)33-26-13-7-4-8-14-26)34(23-25-19-21-28(40-2)22-20-25)31(36)24-35(27-15-9-5-10-16-27)41(38,39)29-17-11-6-12-18-29/h5-6,9-12,15-22,26,30H,3-4,7-8,13-14,23-24H2,1-2H3,(H,33,37)/t30-/m0/s1. The van der Waals surface area contributed by atoms with E-state index in [9.17, 15) is 18.0 Å². The van der Waals surface area contributed by atoms with Gasteiger partial charge in [0.25, 0.3) is 10.0 Å². The molecule has 0 spiro atoms. The van der Waals surface area contributed by atoms with Crippen LogP contribution in [0.3, 0.4) is 0 Å². The number of para-hydroxylation sites is 1. The number of sulfonamides is 1. The van der Waals surface area contributed by atoms with Gasteiger partial charge in [0.2, 0.25) is 11.8 Å². The Morgan fingerprint density at radius 3 is 2.10 bits per heavy atom. The van der Waals surface area contributed by atoms with Gasteiger partial charge in [0.05, 0.1) is 17.7 Å². The number of benzene rings is 3. The van der Waals surface area contributed by atoms with Crippen LogP contribution in [0.1, 0.15) is 51.0 Å². The Labute approximate surface area is 243 Å². The van der Waals surface area contributed by atoms with Gasteiger partial charge in [-0.2, -0.15) is 0 Å². The van der Waals surface area contributed by atoms with Gasteiger partial charge in [-0.15, -0.1) is 0 Å². The summed E-state index contributed by atoms with van der Waals surface area (Å²) in [5.74, 6) is 0.00572. The topological polar surface area (TPSA) is 96.0 Å². The molecule has 0 saturated heterocycles. The summed E-state index contributed by atoms with van der Waals surface area (Å²) in [6.45, 7) is 1.56. The predicted octanol–water partition coefficient (Wildman–Crippen LogP) is 5.15. The second-order valence-electron chi connectivity index (χ2n) is 10.3. The maximum atomic E-state index is 14.1. The quantitative estimate of drug-likeness (QED) is 0.321. The first-order valence-corrected chi connectivity index (χ1v) is 15.6. The summed E-state index contributed by atoms with van der Waals surface area (Å²) < 4.78 is 34.0. The lowest BCUT2D eigenvalue weighted by atomic mass is 9.95. The van der Waals surface area contributed by atoms with Crippen LogP contribution in [0.25, 0.3) is 0 Å². The average molecular weight is 578 g/mol. The molecule has 1 aliphatic rings. The molecule has 1 N–H and O–H groups in total. The van der Waals surface area contributed by atoms with E-state index in [4.69, 9.17) is 4.74 Å². The molecule has 0 aliphatic heterocycles. The van der Waals surface area contributed by atoms with Crippen molar-refractivity contribution in [1.29, 1.82) is 0 Å². The summed E-state index contributed by atoms with van der Waals surface area (Å²) >= 11 is 0. The Hall–Kier alpha value is -3.85. The third kappa shape index (κ3) is 7.67. The van der Waals surface area contributed by atoms with E-state index in [2.05, 4.69) is 5.32 Å². The lowest BCUT2D eigenvalue weighted by Gasteiger charge is -2.34. The normalized spacial score (nSPS) is 14.6. The minimum Gasteiger partial charge on any atom is -0.497 e. The minimum absolute atomic E-state index is 0.0837. The molecule has 0 aromatic heterocycles. The van der Waals surface area contributed by atoms with Crippen molar-refractivity contribution >= 4 is 27.5 Å². The molecule has 1 atom stereocenters. The van der Waals surface area contributed by atoms with E-state index < -0.39 is 28.5 Å². The number of carbonyl (C=O) groups is 2. The van der Waals surface area contributed by atoms with Crippen LogP contribution in [0.15, 0.2) is 89.8 Å². The highest BCUT2D eigenvalue weighted by molar-refractivity contribution is 7.92. The summed E-state index contributed by atoms with van der Waals surface area (Å²) in [5.41, 5.74) is 1.18. The van der Waals surface area contributed by atoms with E-state index in [0.29, 0.717) is 17.9 Å². The van der Waals surface area contributed by atoms with Crippen molar-refractivity contribution in [2.75, 3.05) is 18.0 Å². The second kappa shape index (κ2) is 14.2. The van der Waals surface area contributed by atoms with Crippen LogP contribution in [0.4, 0.5) is 5.69 Å². The smallest absolute Gasteiger partial charge is 0.264 e. The Morgan fingerprint density at radius 2 is 1.51 bits per heavy atom. The van der Waals surface area contributed by atoms with Crippen LogP contribution < -0.4 is 14.4 Å². The largest absolute Gasteiger partial charge is 0.497 e. The van der Waals surface area contributed by atoms with Crippen LogP contribution in [0.5, 0.6) is 5.75 Å². The number of hydrogen-bond acceptors (Lipinski definition) is 5. The fraction of sp³-hybridized carbons (Fsp3) is 0.375. The SMILES string of the molecule is CC[C@@H](C(=O)NC1CCCCC1)N(Cc1ccc(OC)cc1)C(=O)CN(c1ccccc1)S(=O)(=O)c1ccccc1. The fourth-order valence-corrected chi connectivity index (χ4v) is 6.67. The monoisotopic (exact) mass is 577 g/mol. The maximum absolute atomic E-state index is 14.1. The number of anilines is 1. The Balaban J connectivity index is 1.67. The first kappa shape index (κ1) is 30.1. The summed E-state index contributed by atoms with van der Waals surface area (Å²) in [6.07, 6.45) is 5.53. The zero-order valence-corrected chi connectivity index (χ0v) is 24.6. The van der Waals surface area contributed by atoms with Crippen molar-refractivity contribution in [2.45, 2.75) is 69.0 Å². The number of ether oxygens (including phenoxy) is 1. The number of rotatable bonds is 12. The lowest BCUT2D eigenvalue weighted by molar-refractivity contribution is -0.140. The molecule has 0 radical (unpaired) electrons. The molecule has 1 aliphatic carbocycles. The maximum Gasteiger partial charge on any atom is 0.264 e. The van der Waals surface area contributed by atoms with Gasteiger partial charge in [0, 0.05) is 12.6 Å². The number of hydrogen-bond donors (Lipinski definition) is 1. The van der Waals surface area contributed by atoms with Crippen LogP contribution in [0, 0.1) is 0 Å². The zero-order chi connectivity index (χ0) is 29.2. The van der Waals surface area contributed by atoms with Gasteiger partial charge in [0.1, 0.15) is 18.3 Å². The van der Waals surface area contributed by atoms with Gasteiger partial charge in [-0.1, -0.05) is 74.7 Å². The van der Waals surface area contributed by atoms with E-state index in [1.54, 1.807) is 67.8 Å². The van der Waals surface area contributed by atoms with Crippen molar-refractivity contribution in [1.82, 2.24) is 10.2 Å². The minimum atomic E-state index is -4.07. The van der Waals surface area contributed by atoms with Gasteiger partial charge in [-0.25, -0.2) is 8.42 Å². The van der Waals surface area contributed by atoms with Gasteiger partial charge in [-0.3, -0.25) is 13.9 Å². The summed E-state index contributed by atoms with van der Waals surface area (Å²) in [4.78, 5) is 29.3. The molecule has 2 amide bonds. The molecule has 1 fully saturated rings. The molecule has 218 valence electrons. The van der Waals surface area contributed by atoms with Gasteiger partial charge in [-0.05, 0) is 61.2 Å². The number of nitrogens with one attached hydrogen (secondary N) is 1. The number of nitrogens with zero attached hydrogens (tertiary/aromatic N) is 2. The fourth-order valence-electron chi connectivity index (χ4n) is 5.23. The van der Waals surface area contributed by atoms with E-state index in [1.165, 1.54) is 17.0 Å². The number of carbonyl (C=O) groups excluding carboxylic acids is 2. The van der Waals surface area contributed by atoms with Gasteiger partial charge < -0.3 is 15.0 Å². The first-order valence-electron chi connectivity index (χ1n) is 14.2. The number of methoxy groups -OCH3 is 1. The zero-order valence-electron chi connectivity index (χ0n) is 23.7. The molecule has 9 heteroatoms. The van der Waals surface area contributed by atoms with Crippen molar-refractivity contribution < 1.29 is 22.7 Å². The third-order valence-corrected chi connectivity index (χ3v) is 9.29. The number of amides is 2. The van der Waals surface area contributed by atoms with Crippen LogP contribution in [-0.4, -0.2) is 50.9 Å². The van der Waals surface area contributed by atoms with Crippen LogP contribution in [0.2, 0.25) is 0 Å². The molecule has 8 nitrogen and oxygen atoms in total. The molecule has 0 unspecified atom stereocenters. The molecular formula is C32H39N3O5S. The molecule has 41 heavy (non-hydrogen) atoms. The van der Waals surface area contributed by atoms with Gasteiger partial charge >= 0.3 is 0 Å². The Bertz CT molecular complexity index is 1380. The van der Waals surface area contributed by atoms with Crippen LogP contribution >= 0.6 is 0 Å². The van der Waals surface area contributed by atoms with E-state index >= 15 is 0 Å². The van der Waals surface area contributed by atoms with Crippen molar-refractivity contribution in [3.8, 4) is 5.75 Å². The van der Waals surface area contributed by atoms with Crippen molar-refractivity contribution in [2.24, 2.45) is 0 Å². The molecule has 3 aromatic carbocycles. The molecule has 3 aromatic rings. The van der Waals surface area contributed by atoms with Crippen molar-refractivity contribution in [3.05, 3.63) is 90.5 Å². The molecule has 4 rings (SSSR count). The summed E-state index contributed by atoms with van der Waals surface area (Å²) in [7, 11) is -2.49. The van der Waals surface area contributed by atoms with Crippen molar-refractivity contribution in [3.63, 3.8) is 0 Å². The summed E-state index contributed by atoms with van der Waals surface area (Å²) in [6, 6.07) is 23.3. The second-order valence-corrected chi connectivity index (χ2v) is 12.2. The molecular weight excluding hydrogens is 538 g/mol. The molecule has 1 saturated carbocycles. The van der Waals surface area contributed by atoms with E-state index in [0.717, 1.165) is 42.0 Å². The van der Waals surface area contributed by atoms with Gasteiger partial charge in [0.15, 0.2) is 0 Å². The first-order chi connectivity index (χ1) is 19.8. The highest BCUT2D eigenvalue weighted by Gasteiger charge is 2.34. The predicted molar refractivity (Wildman–Crippen MR) is 160 cm³/mol. The molecule has 0 bridgehead atoms. The third-order valence-electron chi connectivity index (χ3n) is 7.50. The highest BCUT2D eigenvalue weighted by atomic mass is 32.2. The lowest BCUT2D eigenvalue weighted by Crippen LogP contribution is -2.54. The molecule has 0 heterocycles. The highest BCUT2D eigenvalue weighted by Crippen LogP contribution is 2.25. The van der Waals surface area contributed by atoms with Crippen LogP contribution in [-0.2, 0) is 26.2 Å². The summed E-state index contributed by atoms with van der Waals surface area (Å²) in [5, 5.41) is 3.17. The average Bonchev–Trinajstić information content (AvgIpc) is 3.01. The van der Waals surface area contributed by atoms with E-state index in [1.807, 2.05) is 19.1 Å².